The molecule has 2 aromatic rings. The van der Waals surface area contributed by atoms with E-state index in [0.717, 1.165) is 16.7 Å². The molecule has 2 aromatic carbocycles. The zero-order chi connectivity index (χ0) is 17.4. The van der Waals surface area contributed by atoms with Gasteiger partial charge in [-0.25, -0.2) is 0 Å². The van der Waals surface area contributed by atoms with Crippen LogP contribution in [0.25, 0.3) is 11.1 Å². The molecule has 0 aliphatic rings. The van der Waals surface area contributed by atoms with Crippen LogP contribution in [0, 0.1) is 6.92 Å². The average Bonchev–Trinajstić information content (AvgIpc) is 2.48. The summed E-state index contributed by atoms with van der Waals surface area (Å²) in [5, 5.41) is 20.8. The molecule has 0 saturated carbocycles. The Bertz CT molecular complexity index is 702. The summed E-state index contributed by atoms with van der Waals surface area (Å²) < 4.78 is 10.4. The molecule has 0 spiro atoms. The van der Waals surface area contributed by atoms with E-state index in [0.29, 0.717) is 17.1 Å². The third-order valence-electron chi connectivity index (χ3n) is 3.85. The lowest BCUT2D eigenvalue weighted by molar-refractivity contribution is 0.340. The summed E-state index contributed by atoms with van der Waals surface area (Å²) in [5.74, 6) is 0.787. The lowest BCUT2D eigenvalue weighted by atomic mass is 9.83. The Morgan fingerprint density at radius 1 is 0.826 bits per heavy atom. The van der Waals surface area contributed by atoms with Crippen LogP contribution in [0.5, 0.6) is 23.0 Å². The molecule has 23 heavy (non-hydrogen) atoms. The second-order valence-electron chi connectivity index (χ2n) is 6.69. The molecular formula is C19H24O4. The van der Waals surface area contributed by atoms with Gasteiger partial charge in [-0.2, -0.15) is 0 Å². The number of hydrogen-bond donors (Lipinski definition) is 2. The third-order valence-corrected chi connectivity index (χ3v) is 3.85. The van der Waals surface area contributed by atoms with Gasteiger partial charge in [0.25, 0.3) is 0 Å². The molecule has 0 heterocycles. The molecule has 0 amide bonds. The van der Waals surface area contributed by atoms with Gasteiger partial charge < -0.3 is 19.7 Å². The topological polar surface area (TPSA) is 58.9 Å². The molecule has 0 saturated heterocycles. The van der Waals surface area contributed by atoms with Crippen molar-refractivity contribution in [2.24, 2.45) is 0 Å². The van der Waals surface area contributed by atoms with E-state index in [1.165, 1.54) is 14.2 Å². The van der Waals surface area contributed by atoms with Crippen LogP contribution >= 0.6 is 0 Å². The van der Waals surface area contributed by atoms with E-state index in [4.69, 9.17) is 9.47 Å². The Labute approximate surface area is 137 Å². The molecule has 0 aromatic heterocycles. The van der Waals surface area contributed by atoms with Crippen molar-refractivity contribution in [2.45, 2.75) is 33.1 Å². The Balaban J connectivity index is 2.75. The van der Waals surface area contributed by atoms with Gasteiger partial charge in [-0.3, -0.25) is 0 Å². The molecule has 0 atom stereocenters. The number of phenols is 2. The predicted octanol–water partition coefficient (Wildman–Crippen LogP) is 4.39. The Morgan fingerprint density at radius 2 is 1.35 bits per heavy atom. The number of hydrogen-bond acceptors (Lipinski definition) is 4. The van der Waals surface area contributed by atoms with E-state index in [-0.39, 0.29) is 16.9 Å². The van der Waals surface area contributed by atoms with Crippen molar-refractivity contribution in [1.82, 2.24) is 0 Å². The standard InChI is InChI=1S/C19H24O4/c1-11-7-13(17(20)14(8-11)19(2,3)4)12-9-15(22-5)18(21)16(10-12)23-6/h7-10,20-21H,1-6H3. The first-order valence-electron chi connectivity index (χ1n) is 7.48. The first kappa shape index (κ1) is 17.0. The number of phenolic OH excluding ortho intramolecular Hbond substituents is 2. The number of benzene rings is 2. The van der Waals surface area contributed by atoms with E-state index >= 15 is 0 Å². The number of ether oxygens (including phenoxy) is 2. The van der Waals surface area contributed by atoms with Gasteiger partial charge in [0.1, 0.15) is 5.75 Å². The normalized spacial score (nSPS) is 11.4. The van der Waals surface area contributed by atoms with Crippen LogP contribution in [0.3, 0.4) is 0 Å². The van der Waals surface area contributed by atoms with E-state index < -0.39 is 0 Å². The van der Waals surface area contributed by atoms with Crippen molar-refractivity contribution in [2.75, 3.05) is 14.2 Å². The molecule has 0 radical (unpaired) electrons. The van der Waals surface area contributed by atoms with Gasteiger partial charge in [0.05, 0.1) is 14.2 Å². The monoisotopic (exact) mass is 316 g/mol. The number of methoxy groups -OCH3 is 2. The fourth-order valence-corrected chi connectivity index (χ4v) is 2.62. The third kappa shape index (κ3) is 3.21. The maximum Gasteiger partial charge on any atom is 0.200 e. The van der Waals surface area contributed by atoms with Crippen molar-refractivity contribution in [3.05, 3.63) is 35.4 Å². The van der Waals surface area contributed by atoms with Crippen molar-refractivity contribution in [3.63, 3.8) is 0 Å². The largest absolute Gasteiger partial charge is 0.507 e. The van der Waals surface area contributed by atoms with E-state index in [1.54, 1.807) is 12.1 Å². The zero-order valence-electron chi connectivity index (χ0n) is 14.5. The Hall–Kier alpha value is -2.36. The minimum Gasteiger partial charge on any atom is -0.507 e. The summed E-state index contributed by atoms with van der Waals surface area (Å²) >= 11 is 0. The van der Waals surface area contributed by atoms with Gasteiger partial charge in [0, 0.05) is 11.1 Å². The molecule has 4 nitrogen and oxygen atoms in total. The van der Waals surface area contributed by atoms with Crippen molar-refractivity contribution < 1.29 is 19.7 Å². The highest BCUT2D eigenvalue weighted by atomic mass is 16.5. The van der Waals surface area contributed by atoms with E-state index in [9.17, 15) is 10.2 Å². The summed E-state index contributed by atoms with van der Waals surface area (Å²) in [6, 6.07) is 7.29. The van der Waals surface area contributed by atoms with Gasteiger partial charge >= 0.3 is 0 Å². The number of aromatic hydroxyl groups is 2. The molecule has 4 heteroatoms. The quantitative estimate of drug-likeness (QED) is 0.882. The van der Waals surface area contributed by atoms with Gasteiger partial charge in [0.15, 0.2) is 11.5 Å². The first-order valence-corrected chi connectivity index (χ1v) is 7.48. The average molecular weight is 316 g/mol. The summed E-state index contributed by atoms with van der Waals surface area (Å²) in [4.78, 5) is 0. The second kappa shape index (κ2) is 6.03. The molecular weight excluding hydrogens is 292 g/mol. The predicted molar refractivity (Wildman–Crippen MR) is 91.7 cm³/mol. The Kier molecular flexibility index (Phi) is 4.46. The van der Waals surface area contributed by atoms with E-state index in [2.05, 4.69) is 20.8 Å². The van der Waals surface area contributed by atoms with E-state index in [1.807, 2.05) is 19.1 Å². The molecule has 0 fully saturated rings. The minimum absolute atomic E-state index is 0.0538. The van der Waals surface area contributed by atoms with Crippen molar-refractivity contribution in [3.8, 4) is 34.1 Å². The summed E-state index contributed by atoms with van der Waals surface area (Å²) in [6.45, 7) is 8.17. The number of rotatable bonds is 3. The number of aryl methyl sites for hydroxylation is 1. The maximum atomic E-state index is 10.8. The van der Waals surface area contributed by atoms with Crippen LogP contribution in [-0.4, -0.2) is 24.4 Å². The van der Waals surface area contributed by atoms with Gasteiger partial charge in [-0.15, -0.1) is 0 Å². The fourth-order valence-electron chi connectivity index (χ4n) is 2.62. The van der Waals surface area contributed by atoms with Crippen LogP contribution in [0.2, 0.25) is 0 Å². The lowest BCUT2D eigenvalue weighted by Crippen LogP contribution is -2.12. The summed E-state index contributed by atoms with van der Waals surface area (Å²) in [5.41, 5.74) is 3.15. The van der Waals surface area contributed by atoms with Crippen LogP contribution in [0.4, 0.5) is 0 Å². The summed E-state index contributed by atoms with van der Waals surface area (Å²) in [7, 11) is 2.96. The van der Waals surface area contributed by atoms with Crippen LogP contribution in [0.1, 0.15) is 31.9 Å². The Morgan fingerprint density at radius 3 is 1.78 bits per heavy atom. The highest BCUT2D eigenvalue weighted by molar-refractivity contribution is 5.77. The highest BCUT2D eigenvalue weighted by Crippen LogP contribution is 2.45. The maximum absolute atomic E-state index is 10.8. The van der Waals surface area contributed by atoms with Gasteiger partial charge in [-0.1, -0.05) is 26.8 Å². The zero-order valence-corrected chi connectivity index (χ0v) is 14.5. The summed E-state index contributed by atoms with van der Waals surface area (Å²) in [6.07, 6.45) is 0. The lowest BCUT2D eigenvalue weighted by Gasteiger charge is -2.23. The minimum atomic E-state index is -0.185. The van der Waals surface area contributed by atoms with Crippen LogP contribution in [-0.2, 0) is 5.41 Å². The molecule has 0 aliphatic carbocycles. The van der Waals surface area contributed by atoms with Crippen LogP contribution < -0.4 is 9.47 Å². The van der Waals surface area contributed by atoms with Gasteiger partial charge in [0.2, 0.25) is 5.75 Å². The molecule has 0 bridgehead atoms. The molecule has 0 aliphatic heterocycles. The molecule has 124 valence electrons. The SMILES string of the molecule is COc1cc(-c2cc(C)cc(C(C)(C)C)c2O)cc(OC)c1O. The fraction of sp³-hybridized carbons (Fsp3) is 0.368. The van der Waals surface area contributed by atoms with Crippen molar-refractivity contribution in [1.29, 1.82) is 0 Å². The highest BCUT2D eigenvalue weighted by Gasteiger charge is 2.22. The molecule has 2 rings (SSSR count). The molecule has 2 N–H and O–H groups in total. The van der Waals surface area contributed by atoms with Crippen molar-refractivity contribution >= 4 is 0 Å². The molecule has 0 unspecified atom stereocenters. The second-order valence-corrected chi connectivity index (χ2v) is 6.69. The first-order chi connectivity index (χ1) is 10.7. The van der Waals surface area contributed by atoms with Gasteiger partial charge in [-0.05, 0) is 41.7 Å². The smallest absolute Gasteiger partial charge is 0.200 e. The van der Waals surface area contributed by atoms with Crippen LogP contribution in [0.15, 0.2) is 24.3 Å².